The fraction of sp³-hybridized carbons (Fsp3) is 0.172. The fourth-order valence-corrected chi connectivity index (χ4v) is 3.92. The van der Waals surface area contributed by atoms with E-state index in [2.05, 4.69) is 86.6 Å². The van der Waals surface area contributed by atoms with E-state index in [0.717, 1.165) is 11.1 Å². The van der Waals surface area contributed by atoms with Crippen molar-refractivity contribution in [1.82, 2.24) is 0 Å². The molecule has 1 aromatic rings. The fourth-order valence-electron chi connectivity index (χ4n) is 3.92. The SMILES string of the molecule is C=C/C(=C\C=C/C)C1(c2ccccc2)C(/C=C\C#CC)=C(C)C(=C)/C1=C\C=C/C. The van der Waals surface area contributed by atoms with Crippen LogP contribution >= 0.6 is 0 Å². The highest BCUT2D eigenvalue weighted by Crippen LogP contribution is 2.56. The van der Waals surface area contributed by atoms with Gasteiger partial charge in [-0.2, -0.15) is 0 Å². The molecule has 2 rings (SSSR count). The Morgan fingerprint density at radius 1 is 1.07 bits per heavy atom. The van der Waals surface area contributed by atoms with Crippen LogP contribution in [0.2, 0.25) is 0 Å². The van der Waals surface area contributed by atoms with Gasteiger partial charge in [0.2, 0.25) is 0 Å². The average Bonchev–Trinajstić information content (AvgIpc) is 2.96. The molecule has 0 aliphatic heterocycles. The summed E-state index contributed by atoms with van der Waals surface area (Å²) in [5, 5.41) is 0. The molecular formula is C29H30. The number of benzene rings is 1. The molecule has 29 heavy (non-hydrogen) atoms. The molecule has 0 bridgehead atoms. The molecule has 146 valence electrons. The van der Waals surface area contributed by atoms with E-state index in [0.29, 0.717) is 0 Å². The Kier molecular flexibility index (Phi) is 7.81. The minimum Gasteiger partial charge on any atom is -0.102 e. The Hall–Kier alpha value is -3.30. The third kappa shape index (κ3) is 4.10. The Morgan fingerprint density at radius 2 is 1.76 bits per heavy atom. The molecule has 1 aromatic carbocycles. The second-order valence-corrected chi connectivity index (χ2v) is 6.82. The van der Waals surface area contributed by atoms with Crippen molar-refractivity contribution in [3.8, 4) is 11.8 Å². The van der Waals surface area contributed by atoms with E-state index in [1.54, 1.807) is 0 Å². The van der Waals surface area contributed by atoms with Gasteiger partial charge in [-0.05, 0) is 73.3 Å². The van der Waals surface area contributed by atoms with E-state index in [-0.39, 0.29) is 0 Å². The molecule has 0 amide bonds. The molecule has 0 N–H and O–H groups in total. The lowest BCUT2D eigenvalue weighted by Crippen LogP contribution is -2.30. The topological polar surface area (TPSA) is 0 Å². The van der Waals surface area contributed by atoms with Crippen molar-refractivity contribution in [3.05, 3.63) is 132 Å². The Bertz CT molecular complexity index is 1000. The van der Waals surface area contributed by atoms with Crippen molar-refractivity contribution in [1.29, 1.82) is 0 Å². The Balaban J connectivity index is 3.05. The summed E-state index contributed by atoms with van der Waals surface area (Å²) in [6.07, 6.45) is 18.6. The summed E-state index contributed by atoms with van der Waals surface area (Å²) in [6.45, 7) is 16.7. The molecule has 0 radical (unpaired) electrons. The monoisotopic (exact) mass is 378 g/mol. The van der Waals surface area contributed by atoms with Gasteiger partial charge in [0.25, 0.3) is 0 Å². The Morgan fingerprint density at radius 3 is 2.34 bits per heavy atom. The molecule has 0 nitrogen and oxygen atoms in total. The van der Waals surface area contributed by atoms with E-state index >= 15 is 0 Å². The van der Waals surface area contributed by atoms with Gasteiger partial charge in [0.05, 0.1) is 5.41 Å². The number of hydrogen-bond acceptors (Lipinski definition) is 0. The zero-order chi connectivity index (χ0) is 21.3. The van der Waals surface area contributed by atoms with Gasteiger partial charge in [-0.15, -0.1) is 5.92 Å². The highest BCUT2D eigenvalue weighted by Gasteiger charge is 2.47. The minimum atomic E-state index is -0.491. The van der Waals surface area contributed by atoms with Gasteiger partial charge in [0.1, 0.15) is 0 Å². The van der Waals surface area contributed by atoms with Crippen molar-refractivity contribution in [2.45, 2.75) is 33.1 Å². The maximum atomic E-state index is 4.46. The standard InChI is InChI=1S/C29H30/c1-7-11-15-22-28-24(6)23(5)27(21-13-9-3)29(28,25(10-4)18-12-8-2)26-19-16-14-17-20-26/h8-10,12-22H,4-5H2,1-3,6H3/b12-8-,13-9-,22-15-,25-18+,27-21+. The summed E-state index contributed by atoms with van der Waals surface area (Å²) in [4.78, 5) is 0. The van der Waals surface area contributed by atoms with Crippen molar-refractivity contribution in [3.63, 3.8) is 0 Å². The van der Waals surface area contributed by atoms with Gasteiger partial charge in [0.15, 0.2) is 0 Å². The smallest absolute Gasteiger partial charge is 0.0710 e. The van der Waals surface area contributed by atoms with Gasteiger partial charge in [0, 0.05) is 0 Å². The first-order valence-corrected chi connectivity index (χ1v) is 9.94. The van der Waals surface area contributed by atoms with Gasteiger partial charge in [-0.1, -0.05) is 91.9 Å². The van der Waals surface area contributed by atoms with Crippen LogP contribution in [-0.4, -0.2) is 0 Å². The number of rotatable bonds is 6. The maximum absolute atomic E-state index is 4.46. The molecule has 0 heteroatoms. The molecule has 0 aromatic heterocycles. The second-order valence-electron chi connectivity index (χ2n) is 6.82. The minimum absolute atomic E-state index is 0.491. The zero-order valence-electron chi connectivity index (χ0n) is 18.0. The molecule has 0 saturated carbocycles. The van der Waals surface area contributed by atoms with Crippen LogP contribution in [0.25, 0.3) is 0 Å². The summed E-state index contributed by atoms with van der Waals surface area (Å²) < 4.78 is 0. The first-order valence-electron chi connectivity index (χ1n) is 9.94. The average molecular weight is 379 g/mol. The highest BCUT2D eigenvalue weighted by atomic mass is 14.5. The van der Waals surface area contributed by atoms with E-state index in [4.69, 9.17) is 0 Å². The molecule has 0 fully saturated rings. The maximum Gasteiger partial charge on any atom is 0.0710 e. The number of hydrogen-bond donors (Lipinski definition) is 0. The molecule has 1 aliphatic carbocycles. The van der Waals surface area contributed by atoms with Gasteiger partial charge < -0.3 is 0 Å². The van der Waals surface area contributed by atoms with Crippen LogP contribution < -0.4 is 0 Å². The second kappa shape index (κ2) is 10.3. The molecular weight excluding hydrogens is 348 g/mol. The first-order chi connectivity index (χ1) is 14.1. The highest BCUT2D eigenvalue weighted by molar-refractivity contribution is 5.76. The molecule has 0 spiro atoms. The van der Waals surface area contributed by atoms with Gasteiger partial charge >= 0.3 is 0 Å². The summed E-state index contributed by atoms with van der Waals surface area (Å²) in [6, 6.07) is 10.6. The van der Waals surface area contributed by atoms with Crippen LogP contribution in [0.3, 0.4) is 0 Å². The Labute approximate surface area is 176 Å². The largest absolute Gasteiger partial charge is 0.102 e. The normalized spacial score (nSPS) is 21.6. The molecule has 1 atom stereocenters. The predicted molar refractivity (Wildman–Crippen MR) is 129 cm³/mol. The van der Waals surface area contributed by atoms with Crippen LogP contribution in [0.5, 0.6) is 0 Å². The van der Waals surface area contributed by atoms with E-state index in [1.807, 2.05) is 51.1 Å². The summed E-state index contributed by atoms with van der Waals surface area (Å²) in [5.74, 6) is 6.03. The lowest BCUT2D eigenvalue weighted by atomic mass is 9.65. The molecule has 0 heterocycles. The van der Waals surface area contributed by atoms with Crippen LogP contribution in [-0.2, 0) is 5.41 Å². The van der Waals surface area contributed by atoms with Crippen molar-refractivity contribution in [2.24, 2.45) is 0 Å². The molecule has 1 aliphatic rings. The predicted octanol–water partition coefficient (Wildman–Crippen LogP) is 7.58. The third-order valence-corrected chi connectivity index (χ3v) is 5.25. The lowest BCUT2D eigenvalue weighted by Gasteiger charge is -2.36. The lowest BCUT2D eigenvalue weighted by molar-refractivity contribution is 0.757. The molecule has 0 saturated heterocycles. The molecule has 1 unspecified atom stereocenters. The third-order valence-electron chi connectivity index (χ3n) is 5.25. The summed E-state index contributed by atoms with van der Waals surface area (Å²) in [7, 11) is 0. The van der Waals surface area contributed by atoms with Crippen molar-refractivity contribution in [2.75, 3.05) is 0 Å². The summed E-state index contributed by atoms with van der Waals surface area (Å²) in [5.41, 5.74) is 6.38. The van der Waals surface area contributed by atoms with Crippen LogP contribution in [0.1, 0.15) is 33.3 Å². The van der Waals surface area contributed by atoms with E-state index < -0.39 is 5.41 Å². The van der Waals surface area contributed by atoms with Crippen LogP contribution in [0, 0.1) is 11.8 Å². The zero-order valence-corrected chi connectivity index (χ0v) is 18.0. The van der Waals surface area contributed by atoms with E-state index in [9.17, 15) is 0 Å². The van der Waals surface area contributed by atoms with Gasteiger partial charge in [-0.25, -0.2) is 0 Å². The number of allylic oxidation sites excluding steroid dienone is 14. The van der Waals surface area contributed by atoms with Crippen LogP contribution in [0.15, 0.2) is 126 Å². The quantitative estimate of drug-likeness (QED) is 0.353. The van der Waals surface area contributed by atoms with Crippen LogP contribution in [0.4, 0.5) is 0 Å². The van der Waals surface area contributed by atoms with Gasteiger partial charge in [-0.3, -0.25) is 0 Å². The van der Waals surface area contributed by atoms with Crippen molar-refractivity contribution < 1.29 is 0 Å². The van der Waals surface area contributed by atoms with Crippen molar-refractivity contribution >= 4 is 0 Å². The summed E-state index contributed by atoms with van der Waals surface area (Å²) >= 11 is 0. The first kappa shape index (κ1) is 22.0. The van der Waals surface area contributed by atoms with E-state index in [1.165, 1.54) is 22.3 Å².